The van der Waals surface area contributed by atoms with Crippen molar-refractivity contribution in [1.82, 2.24) is 20.4 Å². The highest BCUT2D eigenvalue weighted by atomic mass is 16.5. The van der Waals surface area contributed by atoms with Crippen LogP contribution in [0.5, 0.6) is 0 Å². The van der Waals surface area contributed by atoms with Gasteiger partial charge in [0.1, 0.15) is 12.1 Å². The highest BCUT2D eigenvalue weighted by Crippen LogP contribution is 2.35. The van der Waals surface area contributed by atoms with Gasteiger partial charge >= 0.3 is 0 Å². The molecule has 1 aromatic heterocycles. The molecule has 1 aliphatic heterocycles. The van der Waals surface area contributed by atoms with E-state index in [0.717, 1.165) is 12.8 Å². The van der Waals surface area contributed by atoms with Crippen LogP contribution in [0, 0.1) is 12.8 Å². The summed E-state index contributed by atoms with van der Waals surface area (Å²) in [6.45, 7) is 3.91. The molecule has 7 heteroatoms. The average molecular weight is 278 g/mol. The summed E-state index contributed by atoms with van der Waals surface area (Å²) in [6.07, 6.45) is 2.53. The topological polar surface area (TPSA) is 88.3 Å². The van der Waals surface area contributed by atoms with E-state index in [1.54, 1.807) is 18.7 Å². The fourth-order valence-electron chi connectivity index (χ4n) is 2.56. The van der Waals surface area contributed by atoms with Gasteiger partial charge in [0, 0.05) is 19.9 Å². The Kier molecular flexibility index (Phi) is 3.19. The van der Waals surface area contributed by atoms with Crippen LogP contribution in [-0.4, -0.2) is 45.5 Å². The van der Waals surface area contributed by atoms with Crippen molar-refractivity contribution in [3.8, 4) is 0 Å². The molecule has 2 amide bonds. The van der Waals surface area contributed by atoms with Gasteiger partial charge in [-0.1, -0.05) is 5.16 Å². The zero-order valence-electron chi connectivity index (χ0n) is 11.6. The third-order valence-corrected chi connectivity index (χ3v) is 3.93. The van der Waals surface area contributed by atoms with E-state index >= 15 is 0 Å². The summed E-state index contributed by atoms with van der Waals surface area (Å²) in [5, 5.41) is 6.64. The second-order valence-electron chi connectivity index (χ2n) is 5.51. The van der Waals surface area contributed by atoms with Crippen LogP contribution in [0.2, 0.25) is 0 Å². The lowest BCUT2D eigenvalue weighted by molar-refractivity contribution is -0.149. The Balaban J connectivity index is 1.68. The molecule has 20 heavy (non-hydrogen) atoms. The van der Waals surface area contributed by atoms with E-state index in [-0.39, 0.29) is 17.9 Å². The third kappa shape index (κ3) is 2.39. The van der Waals surface area contributed by atoms with Crippen LogP contribution in [0.25, 0.3) is 0 Å². The minimum Gasteiger partial charge on any atom is -0.342 e. The van der Waals surface area contributed by atoms with E-state index in [1.807, 2.05) is 0 Å². The first-order chi connectivity index (χ1) is 9.56. The molecule has 1 aromatic rings. The van der Waals surface area contributed by atoms with Gasteiger partial charge in [0.2, 0.25) is 17.7 Å². The Hall–Kier alpha value is -1.92. The minimum absolute atomic E-state index is 0.0137. The molecule has 0 radical (unpaired) electrons. The number of nitrogens with zero attached hydrogens (tertiary/aromatic N) is 3. The molecule has 108 valence electrons. The minimum atomic E-state index is -0.439. The van der Waals surface area contributed by atoms with E-state index in [1.165, 1.54) is 0 Å². The second kappa shape index (κ2) is 4.88. The first kappa shape index (κ1) is 13.1. The van der Waals surface area contributed by atoms with Crippen molar-refractivity contribution >= 4 is 11.8 Å². The normalized spacial score (nSPS) is 26.8. The predicted molar refractivity (Wildman–Crippen MR) is 68.6 cm³/mol. The van der Waals surface area contributed by atoms with Gasteiger partial charge in [-0.25, -0.2) is 0 Å². The van der Waals surface area contributed by atoms with E-state index in [9.17, 15) is 9.59 Å². The number of carbonyl (C=O) groups excluding carboxylic acids is 2. The van der Waals surface area contributed by atoms with Crippen molar-refractivity contribution in [1.29, 1.82) is 0 Å². The summed E-state index contributed by atoms with van der Waals surface area (Å²) in [5.74, 6) is 1.32. The van der Waals surface area contributed by atoms with Crippen LogP contribution in [0.15, 0.2) is 4.52 Å². The summed E-state index contributed by atoms with van der Waals surface area (Å²) >= 11 is 0. The third-order valence-electron chi connectivity index (χ3n) is 3.93. The van der Waals surface area contributed by atoms with Gasteiger partial charge in [-0.05, 0) is 25.7 Å². The molecule has 2 aliphatic rings. The molecule has 1 N–H and O–H groups in total. The van der Waals surface area contributed by atoms with E-state index in [4.69, 9.17) is 4.52 Å². The number of rotatable bonds is 4. The molecule has 0 bridgehead atoms. The van der Waals surface area contributed by atoms with Gasteiger partial charge in [-0.2, -0.15) is 4.98 Å². The number of nitrogens with one attached hydrogen (secondary N) is 1. The van der Waals surface area contributed by atoms with Crippen LogP contribution in [-0.2, 0) is 16.0 Å². The number of carbonyl (C=O) groups is 2. The number of amides is 2. The Morgan fingerprint density at radius 2 is 2.15 bits per heavy atom. The lowest BCUT2D eigenvalue weighted by Crippen LogP contribution is -2.63. The fourth-order valence-corrected chi connectivity index (χ4v) is 2.56. The summed E-state index contributed by atoms with van der Waals surface area (Å²) in [6, 6.07) is -0.781. The molecule has 2 heterocycles. The summed E-state index contributed by atoms with van der Waals surface area (Å²) in [5.41, 5.74) is 0. The quantitative estimate of drug-likeness (QED) is 0.840. The average Bonchev–Trinajstić information content (AvgIpc) is 3.17. The smallest absolute Gasteiger partial charge is 0.246 e. The van der Waals surface area contributed by atoms with Crippen molar-refractivity contribution in [2.24, 2.45) is 5.92 Å². The monoisotopic (exact) mass is 278 g/mol. The molecule has 2 fully saturated rings. The second-order valence-corrected chi connectivity index (χ2v) is 5.51. The standard InChI is InChI=1S/C13H18N4O3/c1-7-12(18)15-11(9-3-4-9)13(19)17(7)6-5-10-14-8(2)20-16-10/h7,9,11H,3-6H2,1-2H3,(H,15,18). The molecule has 0 aromatic carbocycles. The van der Waals surface area contributed by atoms with Crippen LogP contribution >= 0.6 is 0 Å². The first-order valence-corrected chi connectivity index (χ1v) is 6.96. The van der Waals surface area contributed by atoms with Crippen molar-refractivity contribution in [3.05, 3.63) is 11.7 Å². The Bertz CT molecular complexity index is 537. The van der Waals surface area contributed by atoms with Crippen LogP contribution in [0.3, 0.4) is 0 Å². The molecule has 7 nitrogen and oxygen atoms in total. The number of aromatic nitrogens is 2. The molecule has 1 saturated carbocycles. The van der Waals surface area contributed by atoms with Gasteiger partial charge < -0.3 is 14.7 Å². The molecule has 2 atom stereocenters. The van der Waals surface area contributed by atoms with Crippen molar-refractivity contribution in [2.45, 2.75) is 45.2 Å². The van der Waals surface area contributed by atoms with Crippen LogP contribution in [0.4, 0.5) is 0 Å². The predicted octanol–water partition coefficient (Wildman–Crippen LogP) is 0.0460. The van der Waals surface area contributed by atoms with E-state index in [2.05, 4.69) is 15.5 Å². The number of aryl methyl sites for hydroxylation is 1. The maximum absolute atomic E-state index is 12.4. The van der Waals surface area contributed by atoms with Crippen molar-refractivity contribution < 1.29 is 14.1 Å². The highest BCUT2D eigenvalue weighted by Gasteiger charge is 2.45. The maximum atomic E-state index is 12.4. The Morgan fingerprint density at radius 3 is 2.75 bits per heavy atom. The first-order valence-electron chi connectivity index (χ1n) is 6.96. The van der Waals surface area contributed by atoms with Crippen molar-refractivity contribution in [2.75, 3.05) is 6.54 Å². The number of hydrogen-bond acceptors (Lipinski definition) is 5. The van der Waals surface area contributed by atoms with E-state index in [0.29, 0.717) is 30.6 Å². The molecule has 1 saturated heterocycles. The summed E-state index contributed by atoms with van der Waals surface area (Å²) in [7, 11) is 0. The molecule has 1 aliphatic carbocycles. The lowest BCUT2D eigenvalue weighted by atomic mass is 10.0. The summed E-state index contributed by atoms with van der Waals surface area (Å²) < 4.78 is 4.90. The lowest BCUT2D eigenvalue weighted by Gasteiger charge is -2.37. The number of piperazine rings is 1. The summed E-state index contributed by atoms with van der Waals surface area (Å²) in [4.78, 5) is 30.1. The highest BCUT2D eigenvalue weighted by molar-refractivity contribution is 5.97. The van der Waals surface area contributed by atoms with Gasteiger partial charge in [0.15, 0.2) is 5.82 Å². The van der Waals surface area contributed by atoms with E-state index < -0.39 is 6.04 Å². The molecule has 3 rings (SSSR count). The molecule has 2 unspecified atom stereocenters. The van der Waals surface area contributed by atoms with Gasteiger partial charge in [0.05, 0.1) is 0 Å². The molecule has 0 spiro atoms. The zero-order chi connectivity index (χ0) is 14.3. The largest absolute Gasteiger partial charge is 0.342 e. The number of hydrogen-bond donors (Lipinski definition) is 1. The Morgan fingerprint density at radius 1 is 1.40 bits per heavy atom. The maximum Gasteiger partial charge on any atom is 0.246 e. The van der Waals surface area contributed by atoms with Gasteiger partial charge in [-0.15, -0.1) is 0 Å². The van der Waals surface area contributed by atoms with Crippen LogP contribution in [0.1, 0.15) is 31.5 Å². The SMILES string of the molecule is Cc1nc(CCN2C(=O)C(C3CC3)NC(=O)C2C)no1. The molecular weight excluding hydrogens is 260 g/mol. The fraction of sp³-hybridized carbons (Fsp3) is 0.692. The van der Waals surface area contributed by atoms with Crippen molar-refractivity contribution in [3.63, 3.8) is 0 Å². The Labute approximate surface area is 116 Å². The van der Waals surface area contributed by atoms with Crippen LogP contribution < -0.4 is 5.32 Å². The molecular formula is C13H18N4O3. The van der Waals surface area contributed by atoms with Gasteiger partial charge in [-0.3, -0.25) is 9.59 Å². The van der Waals surface area contributed by atoms with Gasteiger partial charge in [0.25, 0.3) is 0 Å². The zero-order valence-corrected chi connectivity index (χ0v) is 11.6.